The van der Waals surface area contributed by atoms with Gasteiger partial charge >= 0.3 is 0 Å². The van der Waals surface area contributed by atoms with E-state index in [0.29, 0.717) is 0 Å². The molecular formula is C16H16N2O. The molecule has 1 aliphatic carbocycles. The number of rotatable bonds is 2. The zero-order valence-electron chi connectivity index (χ0n) is 10.7. The van der Waals surface area contributed by atoms with Crippen LogP contribution in [0.2, 0.25) is 0 Å². The fourth-order valence-corrected chi connectivity index (χ4v) is 2.80. The van der Waals surface area contributed by atoms with Gasteiger partial charge in [-0.3, -0.25) is 14.8 Å². The van der Waals surface area contributed by atoms with Crippen molar-refractivity contribution in [3.05, 3.63) is 60.2 Å². The quantitative estimate of drug-likeness (QED) is 0.824. The van der Waals surface area contributed by atoms with Crippen molar-refractivity contribution in [2.75, 3.05) is 0 Å². The first-order chi connectivity index (χ1) is 9.36. The second-order valence-electron chi connectivity index (χ2n) is 4.95. The Kier molecular flexibility index (Phi) is 3.36. The third-order valence-corrected chi connectivity index (χ3v) is 3.76. The van der Waals surface area contributed by atoms with E-state index in [-0.39, 0.29) is 17.6 Å². The van der Waals surface area contributed by atoms with Gasteiger partial charge in [0.2, 0.25) is 0 Å². The molecule has 2 aromatic heterocycles. The smallest absolute Gasteiger partial charge is 0.150 e. The largest absolute Gasteiger partial charge is 0.298 e. The molecular weight excluding hydrogens is 236 g/mol. The summed E-state index contributed by atoms with van der Waals surface area (Å²) < 4.78 is 0. The van der Waals surface area contributed by atoms with Gasteiger partial charge in [0.25, 0.3) is 0 Å². The van der Waals surface area contributed by atoms with Gasteiger partial charge in [-0.05, 0) is 37.1 Å². The van der Waals surface area contributed by atoms with Crippen LogP contribution in [0.4, 0.5) is 0 Å². The zero-order valence-corrected chi connectivity index (χ0v) is 10.7. The molecule has 0 bridgehead atoms. The van der Waals surface area contributed by atoms with E-state index in [1.54, 1.807) is 12.4 Å². The molecule has 96 valence electrons. The fourth-order valence-electron chi connectivity index (χ4n) is 2.80. The van der Waals surface area contributed by atoms with E-state index in [0.717, 1.165) is 30.7 Å². The zero-order chi connectivity index (χ0) is 13.1. The highest BCUT2D eigenvalue weighted by molar-refractivity contribution is 5.91. The lowest BCUT2D eigenvalue weighted by atomic mass is 9.77. The van der Waals surface area contributed by atoms with E-state index in [4.69, 9.17) is 0 Å². The monoisotopic (exact) mass is 252 g/mol. The Labute approximate surface area is 112 Å². The molecule has 0 spiro atoms. The number of nitrogens with zero attached hydrogens (tertiary/aromatic N) is 2. The van der Waals surface area contributed by atoms with E-state index in [1.807, 2.05) is 36.4 Å². The first kappa shape index (κ1) is 12.0. The van der Waals surface area contributed by atoms with Crippen LogP contribution in [0.3, 0.4) is 0 Å². The lowest BCUT2D eigenvalue weighted by Gasteiger charge is -2.27. The van der Waals surface area contributed by atoms with Crippen LogP contribution in [0, 0.1) is 0 Å². The standard InChI is InChI=1S/C16H16N2O/c19-16-12(14-8-1-3-10-17-14)6-5-7-13(16)15-9-2-4-11-18-15/h1-4,8-13H,5-7H2. The minimum absolute atomic E-state index is 0.0676. The Morgan fingerprint density at radius 1 is 0.842 bits per heavy atom. The lowest BCUT2D eigenvalue weighted by molar-refractivity contribution is -0.123. The van der Waals surface area contributed by atoms with Crippen molar-refractivity contribution in [2.24, 2.45) is 0 Å². The maximum Gasteiger partial charge on any atom is 0.150 e. The van der Waals surface area contributed by atoms with Gasteiger partial charge in [-0.2, -0.15) is 0 Å². The average Bonchev–Trinajstić information content (AvgIpc) is 2.49. The molecule has 2 unspecified atom stereocenters. The number of Topliss-reactive ketones (excluding diaryl/α,β-unsaturated/α-hetero) is 1. The summed E-state index contributed by atoms with van der Waals surface area (Å²) in [4.78, 5) is 21.3. The third kappa shape index (κ3) is 2.41. The van der Waals surface area contributed by atoms with Gasteiger partial charge in [-0.1, -0.05) is 18.6 Å². The van der Waals surface area contributed by atoms with Crippen molar-refractivity contribution in [3.8, 4) is 0 Å². The SMILES string of the molecule is O=C1C(c2ccccn2)CCCC1c1ccccn1. The predicted molar refractivity (Wildman–Crippen MR) is 72.8 cm³/mol. The van der Waals surface area contributed by atoms with Gasteiger partial charge in [0.15, 0.2) is 5.78 Å². The Balaban J connectivity index is 1.88. The maximum atomic E-state index is 12.6. The molecule has 0 aliphatic heterocycles. The minimum Gasteiger partial charge on any atom is -0.298 e. The van der Waals surface area contributed by atoms with E-state index >= 15 is 0 Å². The number of hydrogen-bond donors (Lipinski definition) is 0. The third-order valence-electron chi connectivity index (χ3n) is 3.76. The molecule has 3 heteroatoms. The maximum absolute atomic E-state index is 12.6. The van der Waals surface area contributed by atoms with Gasteiger partial charge in [0, 0.05) is 12.4 Å². The highest BCUT2D eigenvalue weighted by Gasteiger charge is 2.34. The topological polar surface area (TPSA) is 42.9 Å². The molecule has 3 nitrogen and oxygen atoms in total. The van der Waals surface area contributed by atoms with Crippen LogP contribution in [0.15, 0.2) is 48.8 Å². The van der Waals surface area contributed by atoms with E-state index in [2.05, 4.69) is 9.97 Å². The van der Waals surface area contributed by atoms with E-state index in [1.165, 1.54) is 0 Å². The lowest BCUT2D eigenvalue weighted by Crippen LogP contribution is -2.26. The summed E-state index contributed by atoms with van der Waals surface area (Å²) in [7, 11) is 0. The number of ketones is 1. The van der Waals surface area contributed by atoms with Crippen molar-refractivity contribution in [1.29, 1.82) is 0 Å². The summed E-state index contributed by atoms with van der Waals surface area (Å²) in [6.07, 6.45) is 6.37. The fraction of sp³-hybridized carbons (Fsp3) is 0.312. The highest BCUT2D eigenvalue weighted by Crippen LogP contribution is 2.36. The second-order valence-corrected chi connectivity index (χ2v) is 4.95. The molecule has 1 aliphatic rings. The molecule has 1 saturated carbocycles. The van der Waals surface area contributed by atoms with E-state index in [9.17, 15) is 4.79 Å². The number of aromatic nitrogens is 2. The van der Waals surface area contributed by atoms with E-state index < -0.39 is 0 Å². The van der Waals surface area contributed by atoms with Crippen LogP contribution in [0.25, 0.3) is 0 Å². The molecule has 2 heterocycles. The first-order valence-electron chi connectivity index (χ1n) is 6.72. The molecule has 0 amide bonds. The van der Waals surface area contributed by atoms with Crippen LogP contribution >= 0.6 is 0 Å². The van der Waals surface area contributed by atoms with Crippen molar-refractivity contribution in [2.45, 2.75) is 31.1 Å². The molecule has 0 N–H and O–H groups in total. The summed E-state index contributed by atoms with van der Waals surface area (Å²) >= 11 is 0. The van der Waals surface area contributed by atoms with Gasteiger partial charge in [0.1, 0.15) is 0 Å². The summed E-state index contributed by atoms with van der Waals surface area (Å²) in [6.45, 7) is 0. The minimum atomic E-state index is -0.0676. The summed E-state index contributed by atoms with van der Waals surface area (Å²) in [6, 6.07) is 11.5. The summed E-state index contributed by atoms with van der Waals surface area (Å²) in [5.74, 6) is 0.132. The van der Waals surface area contributed by atoms with Crippen molar-refractivity contribution in [1.82, 2.24) is 9.97 Å². The molecule has 0 radical (unpaired) electrons. The number of hydrogen-bond acceptors (Lipinski definition) is 3. The first-order valence-corrected chi connectivity index (χ1v) is 6.72. The Morgan fingerprint density at radius 3 is 1.79 bits per heavy atom. The molecule has 2 atom stereocenters. The molecule has 0 saturated heterocycles. The number of pyridine rings is 2. The van der Waals surface area contributed by atoms with Crippen LogP contribution in [-0.2, 0) is 4.79 Å². The van der Waals surface area contributed by atoms with Crippen molar-refractivity contribution in [3.63, 3.8) is 0 Å². The second kappa shape index (κ2) is 5.31. The van der Waals surface area contributed by atoms with Crippen molar-refractivity contribution >= 4 is 5.78 Å². The Morgan fingerprint density at radius 2 is 1.37 bits per heavy atom. The summed E-state index contributed by atoms with van der Waals surface area (Å²) in [5.41, 5.74) is 1.79. The molecule has 0 aromatic carbocycles. The predicted octanol–water partition coefficient (Wildman–Crippen LogP) is 3.10. The van der Waals surface area contributed by atoms with Crippen LogP contribution in [0.5, 0.6) is 0 Å². The summed E-state index contributed by atoms with van der Waals surface area (Å²) in [5, 5.41) is 0. The van der Waals surface area contributed by atoms with Crippen LogP contribution in [0.1, 0.15) is 42.5 Å². The average molecular weight is 252 g/mol. The van der Waals surface area contributed by atoms with Gasteiger partial charge in [-0.25, -0.2) is 0 Å². The van der Waals surface area contributed by atoms with Gasteiger partial charge < -0.3 is 0 Å². The van der Waals surface area contributed by atoms with Gasteiger partial charge in [0.05, 0.1) is 23.2 Å². The van der Waals surface area contributed by atoms with Gasteiger partial charge in [-0.15, -0.1) is 0 Å². The number of carbonyl (C=O) groups excluding carboxylic acids is 1. The van der Waals surface area contributed by atoms with Crippen LogP contribution < -0.4 is 0 Å². The van der Waals surface area contributed by atoms with Crippen LogP contribution in [-0.4, -0.2) is 15.8 Å². The Hall–Kier alpha value is -2.03. The normalized spacial score (nSPS) is 23.3. The molecule has 2 aromatic rings. The highest BCUT2D eigenvalue weighted by atomic mass is 16.1. The Bertz CT molecular complexity index is 504. The number of carbonyl (C=O) groups is 1. The molecule has 1 fully saturated rings. The molecule has 19 heavy (non-hydrogen) atoms. The van der Waals surface area contributed by atoms with Crippen molar-refractivity contribution < 1.29 is 4.79 Å². The molecule has 3 rings (SSSR count).